The molecule has 0 aliphatic carbocycles. The first-order valence-corrected chi connectivity index (χ1v) is 11.1. The molecule has 166 valence electrons. The van der Waals surface area contributed by atoms with Gasteiger partial charge in [0.1, 0.15) is 5.75 Å². The van der Waals surface area contributed by atoms with Crippen molar-refractivity contribution in [1.29, 1.82) is 0 Å². The number of carbonyl (C=O) groups is 2. The first kappa shape index (κ1) is 22.7. The van der Waals surface area contributed by atoms with E-state index in [-0.39, 0.29) is 19.6 Å². The maximum Gasteiger partial charge on any atom is 0.337 e. The fourth-order valence-corrected chi connectivity index (χ4v) is 4.88. The van der Waals surface area contributed by atoms with Crippen molar-refractivity contribution in [2.45, 2.75) is 13.0 Å². The van der Waals surface area contributed by atoms with Gasteiger partial charge in [-0.2, -0.15) is 17.0 Å². The molecule has 31 heavy (non-hydrogen) atoms. The van der Waals surface area contributed by atoms with Gasteiger partial charge in [-0.05, 0) is 48.4 Å². The van der Waals surface area contributed by atoms with Crippen molar-refractivity contribution in [3.63, 3.8) is 0 Å². The van der Waals surface area contributed by atoms with E-state index in [1.54, 1.807) is 31.4 Å². The lowest BCUT2D eigenvalue weighted by Crippen LogP contribution is -2.51. The van der Waals surface area contributed by atoms with Crippen LogP contribution in [0.25, 0.3) is 0 Å². The molecule has 1 N–H and O–H groups in total. The molecule has 1 aliphatic rings. The monoisotopic (exact) mass is 447 g/mol. The maximum atomic E-state index is 13.0. The van der Waals surface area contributed by atoms with E-state index in [0.29, 0.717) is 30.0 Å². The van der Waals surface area contributed by atoms with Gasteiger partial charge in [-0.3, -0.25) is 4.79 Å². The lowest BCUT2D eigenvalue weighted by Gasteiger charge is -2.34. The summed E-state index contributed by atoms with van der Waals surface area (Å²) >= 11 is 0. The second-order valence-electron chi connectivity index (χ2n) is 6.99. The zero-order valence-electron chi connectivity index (χ0n) is 17.4. The summed E-state index contributed by atoms with van der Waals surface area (Å²) < 4.78 is 38.3. The summed E-state index contributed by atoms with van der Waals surface area (Å²) in [6.45, 7) is 0.594. The molecule has 0 unspecified atom stereocenters. The van der Waals surface area contributed by atoms with Gasteiger partial charge >= 0.3 is 5.97 Å². The molecule has 0 atom stereocenters. The van der Waals surface area contributed by atoms with Gasteiger partial charge in [0.25, 0.3) is 10.2 Å². The van der Waals surface area contributed by atoms with E-state index in [2.05, 4.69) is 10.1 Å². The van der Waals surface area contributed by atoms with Crippen molar-refractivity contribution in [3.8, 4) is 5.75 Å². The number of hydrogen-bond donors (Lipinski definition) is 1. The molecule has 1 aliphatic heterocycles. The minimum atomic E-state index is -3.77. The quantitative estimate of drug-likeness (QED) is 0.650. The first-order valence-electron chi connectivity index (χ1n) is 9.70. The molecule has 9 nitrogen and oxygen atoms in total. The Kier molecular flexibility index (Phi) is 7.26. The van der Waals surface area contributed by atoms with Gasteiger partial charge in [-0.1, -0.05) is 12.1 Å². The van der Waals surface area contributed by atoms with Crippen LogP contribution in [0.4, 0.5) is 5.69 Å². The molecule has 0 bridgehead atoms. The van der Waals surface area contributed by atoms with Crippen LogP contribution in [0.2, 0.25) is 0 Å². The fourth-order valence-electron chi connectivity index (χ4n) is 3.24. The maximum absolute atomic E-state index is 13.0. The summed E-state index contributed by atoms with van der Waals surface area (Å²) in [6, 6.07) is 13.4. The van der Waals surface area contributed by atoms with Crippen molar-refractivity contribution in [3.05, 3.63) is 59.7 Å². The predicted octanol–water partition coefficient (Wildman–Crippen LogP) is 1.87. The number of benzene rings is 2. The number of amides is 1. The molecule has 0 spiro atoms. The van der Waals surface area contributed by atoms with E-state index in [1.807, 2.05) is 12.1 Å². The normalized spacial score (nSPS) is 16.5. The number of hydrogen-bond acceptors (Lipinski definition) is 6. The molecule has 0 radical (unpaired) electrons. The highest BCUT2D eigenvalue weighted by Crippen LogP contribution is 2.21. The lowest BCUT2D eigenvalue weighted by molar-refractivity contribution is -0.116. The zero-order chi connectivity index (χ0) is 22.4. The second kappa shape index (κ2) is 9.90. The molecule has 2 aromatic carbocycles. The minimum absolute atomic E-state index is 0.222. The third-order valence-electron chi connectivity index (χ3n) is 4.90. The Morgan fingerprint density at radius 3 is 2.23 bits per heavy atom. The minimum Gasteiger partial charge on any atom is -0.497 e. The highest BCUT2D eigenvalue weighted by Gasteiger charge is 2.34. The molecule has 0 aromatic heterocycles. The number of nitrogens with zero attached hydrogens (tertiary/aromatic N) is 2. The highest BCUT2D eigenvalue weighted by molar-refractivity contribution is 7.86. The predicted molar refractivity (Wildman–Crippen MR) is 115 cm³/mol. The van der Waals surface area contributed by atoms with Crippen LogP contribution in [0.15, 0.2) is 48.5 Å². The molecule has 3 rings (SSSR count). The van der Waals surface area contributed by atoms with Gasteiger partial charge in [0.05, 0.1) is 26.3 Å². The Labute approximate surface area is 181 Å². The molecule has 1 fully saturated rings. The van der Waals surface area contributed by atoms with Crippen LogP contribution >= 0.6 is 0 Å². The molecule has 0 saturated carbocycles. The van der Waals surface area contributed by atoms with Gasteiger partial charge in [-0.15, -0.1) is 0 Å². The summed E-state index contributed by atoms with van der Waals surface area (Å²) in [6.07, 6.45) is 0.622. The van der Waals surface area contributed by atoms with E-state index in [0.717, 1.165) is 5.56 Å². The number of anilines is 1. The smallest absolute Gasteiger partial charge is 0.337 e. The van der Waals surface area contributed by atoms with E-state index in [4.69, 9.17) is 4.74 Å². The van der Waals surface area contributed by atoms with Crippen LogP contribution < -0.4 is 10.1 Å². The van der Waals surface area contributed by atoms with Gasteiger partial charge < -0.3 is 14.8 Å². The molecule has 2 aromatic rings. The highest BCUT2D eigenvalue weighted by atomic mass is 32.2. The molecular weight excluding hydrogens is 422 g/mol. The summed E-state index contributed by atoms with van der Waals surface area (Å²) in [5, 5.41) is 2.66. The van der Waals surface area contributed by atoms with Crippen LogP contribution in [0, 0.1) is 0 Å². The van der Waals surface area contributed by atoms with E-state index >= 15 is 0 Å². The van der Waals surface area contributed by atoms with Crippen LogP contribution in [-0.4, -0.2) is 62.8 Å². The Balaban J connectivity index is 1.62. The van der Waals surface area contributed by atoms with Crippen LogP contribution in [0.1, 0.15) is 22.3 Å². The number of carbonyl (C=O) groups excluding carboxylic acids is 2. The van der Waals surface area contributed by atoms with Crippen LogP contribution in [0.5, 0.6) is 5.75 Å². The van der Waals surface area contributed by atoms with Crippen LogP contribution in [0.3, 0.4) is 0 Å². The second-order valence-corrected chi connectivity index (χ2v) is 8.92. The summed E-state index contributed by atoms with van der Waals surface area (Å²) in [5.41, 5.74) is 1.65. The molecular formula is C21H25N3O6S. The van der Waals surface area contributed by atoms with Crippen molar-refractivity contribution >= 4 is 27.8 Å². The largest absolute Gasteiger partial charge is 0.497 e. The summed E-state index contributed by atoms with van der Waals surface area (Å²) in [4.78, 5) is 23.9. The lowest BCUT2D eigenvalue weighted by atomic mass is 10.2. The SMILES string of the molecule is COC(=O)c1ccc(NC(=O)CN2CCCN(Cc3ccc(OC)cc3)S2(=O)=O)cc1. The number of rotatable bonds is 7. The zero-order valence-corrected chi connectivity index (χ0v) is 18.2. The molecule has 10 heteroatoms. The third-order valence-corrected chi connectivity index (χ3v) is 6.82. The molecule has 1 heterocycles. The van der Waals surface area contributed by atoms with Crippen molar-refractivity contribution in [1.82, 2.24) is 8.61 Å². The van der Waals surface area contributed by atoms with Gasteiger partial charge in [0.15, 0.2) is 0 Å². The average molecular weight is 448 g/mol. The van der Waals surface area contributed by atoms with E-state index < -0.39 is 22.1 Å². The van der Waals surface area contributed by atoms with Gasteiger partial charge in [0, 0.05) is 25.3 Å². The average Bonchev–Trinajstić information content (AvgIpc) is 2.77. The van der Waals surface area contributed by atoms with E-state index in [9.17, 15) is 18.0 Å². The topological polar surface area (TPSA) is 105 Å². The molecule has 1 amide bonds. The first-order chi connectivity index (χ1) is 14.8. The van der Waals surface area contributed by atoms with Gasteiger partial charge in [0.2, 0.25) is 5.91 Å². The Bertz CT molecular complexity index is 1020. The number of ether oxygens (including phenoxy) is 2. The summed E-state index contributed by atoms with van der Waals surface area (Å²) in [7, 11) is -0.917. The molecule has 1 saturated heterocycles. The Morgan fingerprint density at radius 2 is 1.61 bits per heavy atom. The number of methoxy groups -OCH3 is 2. The number of nitrogens with one attached hydrogen (secondary N) is 1. The van der Waals surface area contributed by atoms with Crippen molar-refractivity contribution in [2.24, 2.45) is 0 Å². The van der Waals surface area contributed by atoms with Crippen molar-refractivity contribution < 1.29 is 27.5 Å². The summed E-state index contributed by atoms with van der Waals surface area (Å²) in [5.74, 6) is -0.238. The van der Waals surface area contributed by atoms with Gasteiger partial charge in [-0.25, -0.2) is 4.79 Å². The van der Waals surface area contributed by atoms with E-state index in [1.165, 1.54) is 27.9 Å². The Hall–Kier alpha value is -2.95. The third kappa shape index (κ3) is 5.60. The van der Waals surface area contributed by atoms with Crippen LogP contribution in [-0.2, 0) is 26.3 Å². The fraction of sp³-hybridized carbons (Fsp3) is 0.333. The standard InChI is InChI=1S/C21H25N3O6S/c1-29-19-10-4-16(5-11-19)14-23-12-3-13-24(31(23,27)28)15-20(25)22-18-8-6-17(7-9-18)21(26)30-2/h4-11H,3,12-15H2,1-2H3,(H,22,25). The van der Waals surface area contributed by atoms with Crippen molar-refractivity contribution in [2.75, 3.05) is 39.2 Å². The Morgan fingerprint density at radius 1 is 0.968 bits per heavy atom. The number of esters is 1.